The van der Waals surface area contributed by atoms with Gasteiger partial charge < -0.3 is 45.5 Å². The van der Waals surface area contributed by atoms with Crippen molar-refractivity contribution >= 4 is 59.3 Å². The van der Waals surface area contributed by atoms with E-state index in [4.69, 9.17) is 18.9 Å². The lowest BCUT2D eigenvalue weighted by Gasteiger charge is -2.20. The number of urea groups is 1. The summed E-state index contributed by atoms with van der Waals surface area (Å²) >= 11 is 1.90. The first-order valence-electron chi connectivity index (χ1n) is 20.8. The van der Waals surface area contributed by atoms with E-state index in [9.17, 15) is 19.2 Å². The van der Waals surface area contributed by atoms with Crippen LogP contribution in [0.5, 0.6) is 0 Å². The minimum atomic E-state index is -0.790. The van der Waals surface area contributed by atoms with Crippen LogP contribution in [0.1, 0.15) is 55.3 Å². The smallest absolute Gasteiger partial charge is 0.315 e. The number of unbranched alkanes of at least 4 members (excludes halogenated alkanes) is 2. The van der Waals surface area contributed by atoms with Crippen molar-refractivity contribution in [2.75, 3.05) is 78.2 Å². The van der Waals surface area contributed by atoms with Crippen molar-refractivity contribution in [1.82, 2.24) is 26.6 Å². The molecule has 320 valence electrons. The Balaban J connectivity index is 0.772. The van der Waals surface area contributed by atoms with E-state index in [0.29, 0.717) is 89.7 Å². The minimum Gasteiger partial charge on any atom is -0.379 e. The molecule has 2 fully saturated rings. The van der Waals surface area contributed by atoms with Crippen LogP contribution in [0.2, 0.25) is 0 Å². The normalized spacial score (nSPS) is 17.0. The number of benzene rings is 3. The minimum absolute atomic E-state index is 0.0317. The maximum absolute atomic E-state index is 13.0. The van der Waals surface area contributed by atoms with E-state index in [2.05, 4.69) is 81.2 Å². The zero-order valence-electron chi connectivity index (χ0n) is 33.9. The van der Waals surface area contributed by atoms with Crippen molar-refractivity contribution in [3.63, 3.8) is 0 Å². The number of carbonyl (C=O) groups is 4. The van der Waals surface area contributed by atoms with E-state index in [-0.39, 0.29) is 42.3 Å². The molecule has 13 nitrogen and oxygen atoms in total. The summed E-state index contributed by atoms with van der Waals surface area (Å²) < 4.78 is 22.1. The Morgan fingerprint density at radius 3 is 1.86 bits per heavy atom. The van der Waals surface area contributed by atoms with Gasteiger partial charge in [0, 0.05) is 49.0 Å². The summed E-state index contributed by atoms with van der Waals surface area (Å²) in [6, 6.07) is 29.1. The third-order valence-corrected chi connectivity index (χ3v) is 13.8. The van der Waals surface area contributed by atoms with Crippen LogP contribution in [-0.4, -0.2) is 119 Å². The van der Waals surface area contributed by atoms with Gasteiger partial charge in [0.1, 0.15) is 0 Å². The third-order valence-electron chi connectivity index (χ3n) is 9.85. The van der Waals surface area contributed by atoms with E-state index < -0.39 is 7.92 Å². The summed E-state index contributed by atoms with van der Waals surface area (Å²) in [5.74, 6) is 0.816. The first-order chi connectivity index (χ1) is 29.0. The molecular formula is C44H60N5O8PS. The highest BCUT2D eigenvalue weighted by Crippen LogP contribution is 2.34. The second kappa shape index (κ2) is 26.9. The van der Waals surface area contributed by atoms with Gasteiger partial charge in [-0.05, 0) is 61.7 Å². The summed E-state index contributed by atoms with van der Waals surface area (Å²) in [5.41, 5.74) is 0.641. The molecular weight excluding hydrogens is 790 g/mol. The van der Waals surface area contributed by atoms with Gasteiger partial charge in [0.05, 0.1) is 64.9 Å². The number of nitrogens with one attached hydrogen (secondary N) is 5. The molecule has 2 saturated heterocycles. The molecule has 3 unspecified atom stereocenters. The Kier molecular flexibility index (Phi) is 21.0. The molecule has 15 heteroatoms. The van der Waals surface area contributed by atoms with E-state index in [0.717, 1.165) is 43.2 Å². The highest BCUT2D eigenvalue weighted by molar-refractivity contribution is 8.00. The van der Waals surface area contributed by atoms with Gasteiger partial charge in [-0.3, -0.25) is 14.4 Å². The molecule has 0 spiro atoms. The second-order valence-electron chi connectivity index (χ2n) is 14.3. The van der Waals surface area contributed by atoms with Gasteiger partial charge in [0.2, 0.25) is 11.8 Å². The lowest BCUT2D eigenvalue weighted by molar-refractivity contribution is -0.122. The van der Waals surface area contributed by atoms with Crippen LogP contribution in [0.3, 0.4) is 0 Å². The van der Waals surface area contributed by atoms with Crippen LogP contribution in [0.15, 0.2) is 84.9 Å². The summed E-state index contributed by atoms with van der Waals surface area (Å²) in [4.78, 5) is 48.8. The molecule has 2 aliphatic rings. The maximum atomic E-state index is 13.0. The predicted molar refractivity (Wildman–Crippen MR) is 235 cm³/mol. The first kappa shape index (κ1) is 46.0. The Bertz CT molecular complexity index is 1670. The van der Waals surface area contributed by atoms with E-state index in [1.165, 1.54) is 10.6 Å². The van der Waals surface area contributed by atoms with Crippen molar-refractivity contribution in [3.05, 3.63) is 90.5 Å². The molecule has 0 aromatic heterocycles. The lowest BCUT2D eigenvalue weighted by atomic mass is 10.0. The lowest BCUT2D eigenvalue weighted by Crippen LogP contribution is -2.36. The van der Waals surface area contributed by atoms with Crippen LogP contribution in [-0.2, 0) is 28.5 Å². The number of hydrogen-bond acceptors (Lipinski definition) is 9. The summed E-state index contributed by atoms with van der Waals surface area (Å²) in [5, 5.41) is 18.8. The van der Waals surface area contributed by atoms with Crippen molar-refractivity contribution < 1.29 is 38.1 Å². The van der Waals surface area contributed by atoms with Gasteiger partial charge in [-0.2, -0.15) is 11.8 Å². The average molecular weight is 850 g/mol. The van der Waals surface area contributed by atoms with Crippen molar-refractivity contribution in [2.45, 2.75) is 62.3 Å². The molecule has 0 saturated carbocycles. The number of thioether (sulfide) groups is 1. The molecule has 3 aromatic carbocycles. The summed E-state index contributed by atoms with van der Waals surface area (Å²) in [7, 11) is -0.790. The molecule has 2 aliphatic heterocycles. The maximum Gasteiger partial charge on any atom is 0.315 e. The number of amides is 5. The molecule has 3 atom stereocenters. The molecule has 59 heavy (non-hydrogen) atoms. The molecule has 5 N–H and O–H groups in total. The second-order valence-corrected chi connectivity index (χ2v) is 17.8. The highest BCUT2D eigenvalue weighted by atomic mass is 32.2. The number of carbonyl (C=O) groups excluding carboxylic acids is 4. The fourth-order valence-electron chi connectivity index (χ4n) is 6.81. The van der Waals surface area contributed by atoms with Crippen LogP contribution in [0, 0.1) is 0 Å². The Hall–Kier alpha value is -4.04. The van der Waals surface area contributed by atoms with Crippen molar-refractivity contribution in [2.24, 2.45) is 0 Å². The molecule has 5 rings (SSSR count). The zero-order chi connectivity index (χ0) is 41.3. The first-order valence-corrected chi connectivity index (χ1v) is 23.2. The summed E-state index contributed by atoms with van der Waals surface area (Å²) in [6.45, 7) is 4.83. The van der Waals surface area contributed by atoms with Crippen molar-refractivity contribution in [3.8, 4) is 0 Å². The zero-order valence-corrected chi connectivity index (χ0v) is 35.6. The molecule has 5 amide bonds. The number of fused-ring (bicyclic) bond motifs is 1. The van der Waals surface area contributed by atoms with Gasteiger partial charge in [-0.25, -0.2) is 4.79 Å². The van der Waals surface area contributed by atoms with Gasteiger partial charge >= 0.3 is 6.03 Å². The fraction of sp³-hybridized carbons (Fsp3) is 0.500. The van der Waals surface area contributed by atoms with Gasteiger partial charge in [-0.1, -0.05) is 79.2 Å². The van der Waals surface area contributed by atoms with Gasteiger partial charge in [0.25, 0.3) is 5.91 Å². The quantitative estimate of drug-likeness (QED) is 0.0401. The monoisotopic (exact) mass is 849 g/mol. The highest BCUT2D eigenvalue weighted by Gasteiger charge is 2.42. The van der Waals surface area contributed by atoms with Crippen molar-refractivity contribution in [1.29, 1.82) is 0 Å². The van der Waals surface area contributed by atoms with Gasteiger partial charge in [-0.15, -0.1) is 0 Å². The Morgan fingerprint density at radius 1 is 0.610 bits per heavy atom. The van der Waals surface area contributed by atoms with Gasteiger partial charge in [0.15, 0.2) is 0 Å². The summed E-state index contributed by atoms with van der Waals surface area (Å²) in [6.07, 6.45) is 5.07. The van der Waals surface area contributed by atoms with Crippen LogP contribution in [0.25, 0.3) is 0 Å². The van der Waals surface area contributed by atoms with E-state index in [1.807, 2.05) is 42.1 Å². The average Bonchev–Trinajstić information content (AvgIpc) is 3.82. The largest absolute Gasteiger partial charge is 0.379 e. The number of hydrogen-bond donors (Lipinski definition) is 5. The number of ether oxygens (including phenoxy) is 4. The standard InChI is InChI=1S/C44H60N5O8PS/c50-40(19-8-7-18-39-42-38(33-59-39)48-44(53)49-42)46-23-25-55-27-29-57-31-30-56-28-26-54-24-20-41(51)45-21-9-10-22-47-43(52)34-12-11-17-37(32-34)58(35-13-3-1-4-14-35)36-15-5-2-6-16-36/h1-6,11-17,32,38-39,42H,7-10,18-31,33H2,(H,45,51)(H,46,50)(H,47,52)(H2,48,49,53). The van der Waals surface area contributed by atoms with E-state index in [1.54, 1.807) is 0 Å². The Labute approximate surface area is 353 Å². The van der Waals surface area contributed by atoms with Crippen LogP contribution in [0.4, 0.5) is 4.79 Å². The molecule has 2 heterocycles. The predicted octanol–water partition coefficient (Wildman–Crippen LogP) is 3.37. The fourth-order valence-corrected chi connectivity index (χ4v) is 10.7. The molecule has 0 radical (unpaired) electrons. The van der Waals surface area contributed by atoms with Crippen LogP contribution >= 0.6 is 19.7 Å². The van der Waals surface area contributed by atoms with Crippen LogP contribution < -0.4 is 42.5 Å². The topological polar surface area (TPSA) is 165 Å². The number of rotatable bonds is 29. The SMILES string of the molecule is O=C(CCCCC1SCC2NC(=O)NC21)NCCOCCOCCOCCOCCC(=O)NCCCCNC(=O)c1cccc(P(c2ccccc2)c2ccccc2)c1. The Morgan fingerprint density at radius 2 is 1.19 bits per heavy atom. The molecule has 3 aromatic rings. The van der Waals surface area contributed by atoms with E-state index >= 15 is 0 Å². The molecule has 0 aliphatic carbocycles. The molecule has 0 bridgehead atoms. The third kappa shape index (κ3) is 16.9.